The van der Waals surface area contributed by atoms with Crippen molar-refractivity contribution in [3.8, 4) is 0 Å². The van der Waals surface area contributed by atoms with Crippen molar-refractivity contribution in [3.05, 3.63) is 0 Å². The Balaban J connectivity index is 2.26. The van der Waals surface area contributed by atoms with Gasteiger partial charge in [0, 0.05) is 6.04 Å². The molecule has 4 heteroatoms. The molecule has 4 nitrogen and oxygen atoms in total. The standard InChI is InChI=1S/C14H24N2O2/c1-9(13(2,3)4)16-8-11(17)15-14(5,12(16)18)10-6-7-10/h9-10H,6-8H2,1-5H3,(H,15,17). The van der Waals surface area contributed by atoms with E-state index in [1.54, 1.807) is 4.90 Å². The van der Waals surface area contributed by atoms with E-state index in [0.29, 0.717) is 5.92 Å². The molecule has 2 fully saturated rings. The Morgan fingerprint density at radius 3 is 2.33 bits per heavy atom. The Morgan fingerprint density at radius 2 is 1.89 bits per heavy atom. The van der Waals surface area contributed by atoms with Crippen molar-refractivity contribution in [3.63, 3.8) is 0 Å². The molecular weight excluding hydrogens is 228 g/mol. The second-order valence-electron chi connectivity index (χ2n) is 7.00. The largest absolute Gasteiger partial charge is 0.340 e. The molecule has 1 saturated carbocycles. The summed E-state index contributed by atoms with van der Waals surface area (Å²) in [6.45, 7) is 10.4. The van der Waals surface area contributed by atoms with Crippen molar-refractivity contribution < 1.29 is 9.59 Å². The number of nitrogens with one attached hydrogen (secondary N) is 1. The van der Waals surface area contributed by atoms with Crippen LogP contribution < -0.4 is 5.32 Å². The zero-order valence-electron chi connectivity index (χ0n) is 12.0. The normalized spacial score (nSPS) is 31.3. The lowest BCUT2D eigenvalue weighted by Crippen LogP contribution is -2.68. The van der Waals surface area contributed by atoms with Gasteiger partial charge in [-0.05, 0) is 38.0 Å². The van der Waals surface area contributed by atoms with Crippen LogP contribution in [0.5, 0.6) is 0 Å². The summed E-state index contributed by atoms with van der Waals surface area (Å²) in [7, 11) is 0. The van der Waals surface area contributed by atoms with E-state index >= 15 is 0 Å². The molecule has 2 amide bonds. The lowest BCUT2D eigenvalue weighted by molar-refractivity contribution is -0.154. The highest BCUT2D eigenvalue weighted by molar-refractivity contribution is 5.98. The first-order valence-corrected chi connectivity index (χ1v) is 6.78. The average molecular weight is 252 g/mol. The lowest BCUT2D eigenvalue weighted by atomic mass is 9.83. The second-order valence-corrected chi connectivity index (χ2v) is 7.00. The fourth-order valence-electron chi connectivity index (χ4n) is 2.63. The van der Waals surface area contributed by atoms with E-state index in [1.807, 2.05) is 13.8 Å². The molecule has 0 aromatic carbocycles. The first kappa shape index (κ1) is 13.4. The fourth-order valence-corrected chi connectivity index (χ4v) is 2.63. The molecule has 1 aliphatic heterocycles. The van der Waals surface area contributed by atoms with Crippen molar-refractivity contribution in [2.45, 2.75) is 59.0 Å². The van der Waals surface area contributed by atoms with Gasteiger partial charge in [0.1, 0.15) is 5.54 Å². The maximum Gasteiger partial charge on any atom is 0.249 e. The Hall–Kier alpha value is -1.06. The zero-order chi connectivity index (χ0) is 13.7. The third-order valence-electron chi connectivity index (χ3n) is 4.53. The molecule has 1 saturated heterocycles. The fraction of sp³-hybridized carbons (Fsp3) is 0.857. The van der Waals surface area contributed by atoms with Crippen LogP contribution in [-0.4, -0.2) is 34.8 Å². The predicted molar refractivity (Wildman–Crippen MR) is 69.9 cm³/mol. The Kier molecular flexibility index (Phi) is 2.95. The quantitative estimate of drug-likeness (QED) is 0.810. The molecule has 2 unspecified atom stereocenters. The highest BCUT2D eigenvalue weighted by Crippen LogP contribution is 2.42. The summed E-state index contributed by atoms with van der Waals surface area (Å²) in [4.78, 5) is 26.3. The monoisotopic (exact) mass is 252 g/mol. The molecule has 0 aromatic heterocycles. The van der Waals surface area contributed by atoms with E-state index < -0.39 is 5.54 Å². The molecule has 1 aliphatic carbocycles. The Bertz CT molecular complexity index is 382. The molecule has 2 rings (SSSR count). The number of carbonyl (C=O) groups excluding carboxylic acids is 2. The topological polar surface area (TPSA) is 49.4 Å². The summed E-state index contributed by atoms with van der Waals surface area (Å²) < 4.78 is 0. The summed E-state index contributed by atoms with van der Waals surface area (Å²) in [5.41, 5.74) is -0.688. The van der Waals surface area contributed by atoms with Gasteiger partial charge in [-0.15, -0.1) is 0 Å². The minimum atomic E-state index is -0.672. The van der Waals surface area contributed by atoms with E-state index in [9.17, 15) is 9.59 Å². The lowest BCUT2D eigenvalue weighted by Gasteiger charge is -2.46. The summed E-state index contributed by atoms with van der Waals surface area (Å²) in [6.07, 6.45) is 2.08. The number of carbonyl (C=O) groups is 2. The van der Waals surface area contributed by atoms with Crippen molar-refractivity contribution >= 4 is 11.8 Å². The molecule has 1 heterocycles. The third-order valence-corrected chi connectivity index (χ3v) is 4.53. The average Bonchev–Trinajstić information content (AvgIpc) is 3.04. The molecule has 0 aromatic rings. The van der Waals surface area contributed by atoms with Gasteiger partial charge >= 0.3 is 0 Å². The minimum Gasteiger partial charge on any atom is -0.340 e. The molecular formula is C14H24N2O2. The van der Waals surface area contributed by atoms with Gasteiger partial charge in [-0.25, -0.2) is 0 Å². The number of piperazine rings is 1. The van der Waals surface area contributed by atoms with E-state index in [1.165, 1.54) is 0 Å². The summed E-state index contributed by atoms with van der Waals surface area (Å²) in [5, 5.41) is 2.91. The van der Waals surface area contributed by atoms with Crippen molar-refractivity contribution in [1.29, 1.82) is 0 Å². The first-order valence-electron chi connectivity index (χ1n) is 6.78. The number of rotatable bonds is 2. The van der Waals surface area contributed by atoms with Gasteiger partial charge < -0.3 is 10.2 Å². The van der Waals surface area contributed by atoms with Crippen molar-refractivity contribution in [2.24, 2.45) is 11.3 Å². The third kappa shape index (κ3) is 2.13. The van der Waals surface area contributed by atoms with Gasteiger partial charge in [-0.2, -0.15) is 0 Å². The van der Waals surface area contributed by atoms with Crippen molar-refractivity contribution in [2.75, 3.05) is 6.54 Å². The van der Waals surface area contributed by atoms with Crippen LogP contribution in [0.15, 0.2) is 0 Å². The van der Waals surface area contributed by atoms with Crippen LogP contribution in [-0.2, 0) is 9.59 Å². The van der Waals surface area contributed by atoms with Gasteiger partial charge in [0.25, 0.3) is 0 Å². The second kappa shape index (κ2) is 3.97. The van der Waals surface area contributed by atoms with Crippen LogP contribution in [0.3, 0.4) is 0 Å². The SMILES string of the molecule is CC(N1CC(=O)NC(C)(C2CC2)C1=O)C(C)(C)C. The first-order chi connectivity index (χ1) is 8.16. The van der Waals surface area contributed by atoms with Gasteiger partial charge in [0.15, 0.2) is 0 Å². The van der Waals surface area contributed by atoms with Crippen LogP contribution in [0.4, 0.5) is 0 Å². The van der Waals surface area contributed by atoms with Crippen LogP contribution in [0.25, 0.3) is 0 Å². The number of hydrogen-bond acceptors (Lipinski definition) is 2. The van der Waals surface area contributed by atoms with Gasteiger partial charge in [0.05, 0.1) is 6.54 Å². The number of nitrogens with zero attached hydrogens (tertiary/aromatic N) is 1. The molecule has 0 spiro atoms. The highest BCUT2D eigenvalue weighted by Gasteiger charge is 2.53. The number of hydrogen-bond donors (Lipinski definition) is 1. The molecule has 1 N–H and O–H groups in total. The smallest absolute Gasteiger partial charge is 0.249 e. The predicted octanol–water partition coefficient (Wildman–Crippen LogP) is 1.55. The van der Waals surface area contributed by atoms with Crippen LogP contribution in [0.1, 0.15) is 47.5 Å². The van der Waals surface area contributed by atoms with Gasteiger partial charge in [-0.3, -0.25) is 9.59 Å². The van der Waals surface area contributed by atoms with E-state index in [2.05, 4.69) is 26.1 Å². The van der Waals surface area contributed by atoms with E-state index in [0.717, 1.165) is 12.8 Å². The van der Waals surface area contributed by atoms with Crippen LogP contribution >= 0.6 is 0 Å². The molecule has 2 atom stereocenters. The van der Waals surface area contributed by atoms with Crippen molar-refractivity contribution in [1.82, 2.24) is 10.2 Å². The molecule has 0 radical (unpaired) electrons. The zero-order valence-corrected chi connectivity index (χ0v) is 12.0. The number of amides is 2. The van der Waals surface area contributed by atoms with E-state index in [-0.39, 0.29) is 29.8 Å². The summed E-state index contributed by atoms with van der Waals surface area (Å²) >= 11 is 0. The van der Waals surface area contributed by atoms with Crippen LogP contribution in [0.2, 0.25) is 0 Å². The Labute approximate surface area is 109 Å². The van der Waals surface area contributed by atoms with Gasteiger partial charge in [0.2, 0.25) is 11.8 Å². The molecule has 0 bridgehead atoms. The Morgan fingerprint density at radius 1 is 1.33 bits per heavy atom. The van der Waals surface area contributed by atoms with E-state index in [4.69, 9.17) is 0 Å². The molecule has 102 valence electrons. The summed E-state index contributed by atoms with van der Waals surface area (Å²) in [5.74, 6) is 0.385. The van der Waals surface area contributed by atoms with Gasteiger partial charge in [-0.1, -0.05) is 20.8 Å². The maximum absolute atomic E-state index is 12.7. The maximum atomic E-state index is 12.7. The summed E-state index contributed by atoms with van der Waals surface area (Å²) in [6, 6.07) is 0.0640. The van der Waals surface area contributed by atoms with Crippen LogP contribution in [0, 0.1) is 11.3 Å². The minimum absolute atomic E-state index is 0.0161. The highest BCUT2D eigenvalue weighted by atomic mass is 16.2. The molecule has 2 aliphatic rings. The molecule has 18 heavy (non-hydrogen) atoms.